The van der Waals surface area contributed by atoms with Crippen LogP contribution >= 0.6 is 11.8 Å². The van der Waals surface area contributed by atoms with Crippen LogP contribution in [0.15, 0.2) is 0 Å². The fourth-order valence-electron chi connectivity index (χ4n) is 1.89. The van der Waals surface area contributed by atoms with E-state index in [1.807, 2.05) is 11.8 Å². The second-order valence-corrected chi connectivity index (χ2v) is 4.20. The van der Waals surface area contributed by atoms with Gasteiger partial charge in [0.1, 0.15) is 0 Å². The van der Waals surface area contributed by atoms with Crippen LogP contribution in [-0.4, -0.2) is 22.7 Å². The number of rotatable bonds is 0. The summed E-state index contributed by atoms with van der Waals surface area (Å²) >= 11 is 2.02. The van der Waals surface area contributed by atoms with Crippen LogP contribution in [0.3, 0.4) is 0 Å². The highest BCUT2D eigenvalue weighted by molar-refractivity contribution is 7.99. The van der Waals surface area contributed by atoms with Crippen molar-refractivity contribution in [1.29, 1.82) is 0 Å². The van der Waals surface area contributed by atoms with Gasteiger partial charge in [-0.3, -0.25) is 0 Å². The molecule has 52 valence electrons. The van der Waals surface area contributed by atoms with Gasteiger partial charge in [0, 0.05) is 0 Å². The minimum atomic E-state index is 0.0613. The first kappa shape index (κ1) is 6.05. The van der Waals surface area contributed by atoms with E-state index in [9.17, 15) is 5.11 Å². The minimum Gasteiger partial charge on any atom is -0.392 e. The molecule has 2 unspecified atom stereocenters. The molecular weight excluding hydrogens is 132 g/mol. The fourth-order valence-corrected chi connectivity index (χ4v) is 3.36. The zero-order chi connectivity index (χ0) is 6.27. The predicted molar refractivity (Wildman–Crippen MR) is 39.5 cm³/mol. The summed E-state index contributed by atoms with van der Waals surface area (Å²) in [6, 6.07) is 0. The third-order valence-electron chi connectivity index (χ3n) is 2.54. The summed E-state index contributed by atoms with van der Waals surface area (Å²) in [6.07, 6.45) is 2.61. The molecule has 0 aromatic heterocycles. The molecule has 1 aliphatic heterocycles. The monoisotopic (exact) mass is 144 g/mol. The largest absolute Gasteiger partial charge is 0.392 e. The highest BCUT2D eigenvalue weighted by Crippen LogP contribution is 2.40. The van der Waals surface area contributed by atoms with E-state index in [-0.39, 0.29) is 6.10 Å². The van der Waals surface area contributed by atoms with Gasteiger partial charge in [0.2, 0.25) is 0 Å². The van der Waals surface area contributed by atoms with Crippen molar-refractivity contribution in [2.75, 3.05) is 11.5 Å². The first-order chi connectivity index (χ1) is 4.38. The lowest BCUT2D eigenvalue weighted by molar-refractivity contribution is 0.105. The van der Waals surface area contributed by atoms with Crippen LogP contribution in [0.5, 0.6) is 0 Å². The molecule has 2 atom stereocenters. The fraction of sp³-hybridized carbons (Fsp3) is 1.00. The van der Waals surface area contributed by atoms with Gasteiger partial charge < -0.3 is 5.11 Å². The number of aliphatic hydroxyl groups excluding tert-OH is 1. The van der Waals surface area contributed by atoms with Crippen LogP contribution in [0.25, 0.3) is 0 Å². The zero-order valence-electron chi connectivity index (χ0n) is 5.42. The minimum absolute atomic E-state index is 0.0613. The third kappa shape index (κ3) is 0.887. The lowest BCUT2D eigenvalue weighted by atomic mass is 10.0. The van der Waals surface area contributed by atoms with Gasteiger partial charge in [-0.15, -0.1) is 0 Å². The highest BCUT2D eigenvalue weighted by Gasteiger charge is 2.37. The van der Waals surface area contributed by atoms with E-state index < -0.39 is 0 Å². The summed E-state index contributed by atoms with van der Waals surface area (Å²) in [7, 11) is 0. The highest BCUT2D eigenvalue weighted by atomic mass is 32.2. The van der Waals surface area contributed by atoms with Crippen molar-refractivity contribution in [3.05, 3.63) is 0 Å². The van der Waals surface area contributed by atoms with Crippen LogP contribution < -0.4 is 0 Å². The Kier molecular flexibility index (Phi) is 1.46. The molecule has 1 saturated heterocycles. The summed E-state index contributed by atoms with van der Waals surface area (Å²) < 4.78 is 0. The molecule has 0 aromatic carbocycles. The molecule has 2 rings (SSSR count). The van der Waals surface area contributed by atoms with E-state index in [0.717, 1.165) is 0 Å². The zero-order valence-corrected chi connectivity index (χ0v) is 6.23. The van der Waals surface area contributed by atoms with Crippen molar-refractivity contribution in [3.8, 4) is 0 Å². The van der Waals surface area contributed by atoms with Crippen LogP contribution in [0.1, 0.15) is 12.8 Å². The number of fused-ring (bicyclic) bond motifs is 2. The molecule has 0 spiro atoms. The van der Waals surface area contributed by atoms with E-state index in [4.69, 9.17) is 0 Å². The molecule has 2 aliphatic rings. The first-order valence-electron chi connectivity index (χ1n) is 3.64. The summed E-state index contributed by atoms with van der Waals surface area (Å²) in [5, 5.41) is 9.50. The smallest absolute Gasteiger partial charge is 0.0612 e. The van der Waals surface area contributed by atoms with E-state index >= 15 is 0 Å². The Morgan fingerprint density at radius 2 is 1.67 bits per heavy atom. The number of hydrogen-bond donors (Lipinski definition) is 1. The molecule has 0 aromatic rings. The Hall–Kier alpha value is 0.310. The maximum Gasteiger partial charge on any atom is 0.0612 e. The third-order valence-corrected chi connectivity index (χ3v) is 3.87. The average molecular weight is 144 g/mol. The van der Waals surface area contributed by atoms with Crippen LogP contribution in [0, 0.1) is 11.8 Å². The maximum atomic E-state index is 9.50. The van der Waals surface area contributed by atoms with E-state index in [1.54, 1.807) is 0 Å². The lowest BCUT2D eigenvalue weighted by Gasteiger charge is -2.24. The molecule has 0 radical (unpaired) electrons. The van der Waals surface area contributed by atoms with Gasteiger partial charge in [0.15, 0.2) is 0 Å². The average Bonchev–Trinajstić information content (AvgIpc) is 2.19. The van der Waals surface area contributed by atoms with Gasteiger partial charge in [-0.05, 0) is 36.2 Å². The van der Waals surface area contributed by atoms with Crippen molar-refractivity contribution in [2.24, 2.45) is 11.8 Å². The summed E-state index contributed by atoms with van der Waals surface area (Å²) in [5.41, 5.74) is 0. The standard InChI is InChI=1S/C7H12OS/c8-7-5-1-2-6(7)4-9-3-5/h5-8H,1-4H2. The molecule has 1 heterocycles. The lowest BCUT2D eigenvalue weighted by Crippen LogP contribution is -2.28. The van der Waals surface area contributed by atoms with Gasteiger partial charge in [0.25, 0.3) is 0 Å². The first-order valence-corrected chi connectivity index (χ1v) is 4.79. The number of aliphatic hydroxyl groups is 1. The van der Waals surface area contributed by atoms with Gasteiger partial charge in [0.05, 0.1) is 6.10 Å². The number of hydrogen-bond acceptors (Lipinski definition) is 2. The molecule has 1 nitrogen and oxygen atoms in total. The molecule has 0 amide bonds. The Morgan fingerprint density at radius 3 is 2.11 bits per heavy atom. The normalized spacial score (nSPS) is 49.7. The Bertz CT molecular complexity index is 99.5. The summed E-state index contributed by atoms with van der Waals surface area (Å²) in [6.45, 7) is 0. The van der Waals surface area contributed by atoms with E-state index in [0.29, 0.717) is 11.8 Å². The van der Waals surface area contributed by atoms with Crippen molar-refractivity contribution in [3.63, 3.8) is 0 Å². The second-order valence-electron chi connectivity index (χ2n) is 3.13. The molecule has 1 aliphatic carbocycles. The SMILES string of the molecule is OC1C2CCC1CSC2. The maximum absolute atomic E-state index is 9.50. The number of thioether (sulfide) groups is 1. The van der Waals surface area contributed by atoms with Crippen molar-refractivity contribution in [2.45, 2.75) is 18.9 Å². The van der Waals surface area contributed by atoms with Gasteiger partial charge in [-0.1, -0.05) is 0 Å². The quantitative estimate of drug-likeness (QED) is 0.550. The molecular formula is C7H12OS. The van der Waals surface area contributed by atoms with Gasteiger partial charge >= 0.3 is 0 Å². The Labute approximate surface area is 59.8 Å². The molecule has 1 N–H and O–H groups in total. The van der Waals surface area contributed by atoms with Crippen molar-refractivity contribution < 1.29 is 5.11 Å². The predicted octanol–water partition coefficient (Wildman–Crippen LogP) is 1.12. The van der Waals surface area contributed by atoms with Crippen molar-refractivity contribution >= 4 is 11.8 Å². The van der Waals surface area contributed by atoms with Crippen molar-refractivity contribution in [1.82, 2.24) is 0 Å². The van der Waals surface area contributed by atoms with Gasteiger partial charge in [-0.25, -0.2) is 0 Å². The second kappa shape index (κ2) is 2.17. The molecule has 2 bridgehead atoms. The van der Waals surface area contributed by atoms with Gasteiger partial charge in [-0.2, -0.15) is 11.8 Å². The Morgan fingerprint density at radius 1 is 1.11 bits per heavy atom. The van der Waals surface area contributed by atoms with E-state index in [2.05, 4.69) is 0 Å². The summed E-state index contributed by atoms with van der Waals surface area (Å²) in [5.74, 6) is 3.71. The molecule has 1 saturated carbocycles. The van der Waals surface area contributed by atoms with Crippen LogP contribution in [0.4, 0.5) is 0 Å². The molecule has 2 fully saturated rings. The van der Waals surface area contributed by atoms with E-state index in [1.165, 1.54) is 24.3 Å². The molecule has 2 heteroatoms. The Balaban J connectivity index is 2.10. The molecule has 9 heavy (non-hydrogen) atoms. The summed E-state index contributed by atoms with van der Waals surface area (Å²) in [4.78, 5) is 0. The van der Waals surface area contributed by atoms with Crippen LogP contribution in [-0.2, 0) is 0 Å². The van der Waals surface area contributed by atoms with Crippen LogP contribution in [0.2, 0.25) is 0 Å². The topological polar surface area (TPSA) is 20.2 Å².